The van der Waals surface area contributed by atoms with E-state index in [4.69, 9.17) is 4.74 Å². The summed E-state index contributed by atoms with van der Waals surface area (Å²) in [7, 11) is 0. The summed E-state index contributed by atoms with van der Waals surface area (Å²) in [5, 5.41) is 3.19. The van der Waals surface area contributed by atoms with Gasteiger partial charge in [0.25, 0.3) is 5.91 Å². The molecular weight excluding hydrogens is 204 g/mol. The fraction of sp³-hybridized carbons (Fsp3) is 0.583. The maximum absolute atomic E-state index is 11.9. The molecule has 0 aliphatic carbocycles. The Hall–Kier alpha value is -1.29. The van der Waals surface area contributed by atoms with Crippen LogP contribution in [0.3, 0.4) is 0 Å². The van der Waals surface area contributed by atoms with Crippen LogP contribution in [0.1, 0.15) is 13.8 Å². The highest BCUT2D eigenvalue weighted by molar-refractivity contribution is 5.98. The van der Waals surface area contributed by atoms with Crippen LogP contribution >= 0.6 is 0 Å². The van der Waals surface area contributed by atoms with Crippen molar-refractivity contribution in [1.82, 2.24) is 10.2 Å². The third kappa shape index (κ3) is 1.73. The van der Waals surface area contributed by atoms with Gasteiger partial charge in [-0.25, -0.2) is 0 Å². The van der Waals surface area contributed by atoms with Gasteiger partial charge in [0.15, 0.2) is 0 Å². The highest BCUT2D eigenvalue weighted by Gasteiger charge is 2.41. The smallest absolute Gasteiger partial charge is 0.252 e. The average molecular weight is 222 g/mol. The molecule has 1 N–H and O–H groups in total. The molecule has 0 aromatic carbocycles. The molecule has 2 saturated heterocycles. The number of nitrogens with zero attached hydrogens (tertiary/aromatic N) is 1. The number of nitrogens with one attached hydrogen (secondary N) is 1. The number of amides is 1. The van der Waals surface area contributed by atoms with Gasteiger partial charge in [-0.3, -0.25) is 4.79 Å². The predicted molar refractivity (Wildman–Crippen MR) is 61.8 cm³/mol. The van der Waals surface area contributed by atoms with Crippen LogP contribution in [-0.2, 0) is 9.53 Å². The van der Waals surface area contributed by atoms with Gasteiger partial charge < -0.3 is 15.0 Å². The van der Waals surface area contributed by atoms with E-state index in [2.05, 4.69) is 5.32 Å². The lowest BCUT2D eigenvalue weighted by Crippen LogP contribution is -2.50. The largest absolute Gasteiger partial charge is 0.382 e. The van der Waals surface area contributed by atoms with Gasteiger partial charge in [-0.05, 0) is 18.4 Å². The number of rotatable bonds is 1. The number of hydrogen-bond donors (Lipinski definition) is 1. The van der Waals surface area contributed by atoms with E-state index in [1.54, 1.807) is 0 Å². The number of carbonyl (C=O) groups is 1. The minimum absolute atomic E-state index is 0.167. The summed E-state index contributed by atoms with van der Waals surface area (Å²) in [5.74, 6) is 0.167. The van der Waals surface area contributed by atoms with Gasteiger partial charge in [-0.2, -0.15) is 0 Å². The van der Waals surface area contributed by atoms with E-state index in [-0.39, 0.29) is 11.9 Å². The fourth-order valence-electron chi connectivity index (χ4n) is 2.06. The third-order valence-corrected chi connectivity index (χ3v) is 2.99. The first-order chi connectivity index (χ1) is 7.86. The molecule has 88 valence electrons. The Morgan fingerprint density at radius 3 is 2.75 bits per heavy atom. The Kier molecular flexibility index (Phi) is 3.29. The summed E-state index contributed by atoms with van der Waals surface area (Å²) in [6.45, 7) is 6.17. The molecule has 3 rings (SSSR count). The van der Waals surface area contributed by atoms with Crippen molar-refractivity contribution in [3.63, 3.8) is 0 Å². The van der Waals surface area contributed by atoms with Crippen LogP contribution in [0.5, 0.6) is 0 Å². The number of allylic oxidation sites excluding steroid dienone is 2. The second-order valence-corrected chi connectivity index (χ2v) is 3.85. The normalized spacial score (nSPS) is 27.4. The van der Waals surface area contributed by atoms with E-state index < -0.39 is 0 Å². The first-order valence-corrected chi connectivity index (χ1v) is 5.88. The SMILES string of the molecule is CC.O=C1C2=CC=CNC2CN1C1COC1. The van der Waals surface area contributed by atoms with Crippen LogP contribution in [0.2, 0.25) is 0 Å². The summed E-state index contributed by atoms with van der Waals surface area (Å²) < 4.78 is 5.10. The number of likely N-dealkylation sites (tertiary alicyclic amines) is 1. The molecule has 2 fully saturated rings. The Morgan fingerprint density at radius 1 is 1.44 bits per heavy atom. The summed E-state index contributed by atoms with van der Waals surface area (Å²) >= 11 is 0. The molecule has 1 atom stereocenters. The lowest BCUT2D eigenvalue weighted by molar-refractivity contribution is -0.136. The Balaban J connectivity index is 0.000000457. The number of dihydropyridines is 1. The van der Waals surface area contributed by atoms with Gasteiger partial charge in [0.1, 0.15) is 0 Å². The first kappa shape index (κ1) is 11.2. The molecule has 3 aliphatic rings. The van der Waals surface area contributed by atoms with Crippen molar-refractivity contribution in [2.45, 2.75) is 25.9 Å². The molecule has 0 bridgehead atoms. The molecular formula is C12H18N2O2. The molecule has 4 heteroatoms. The van der Waals surface area contributed by atoms with Crippen LogP contribution in [0, 0.1) is 0 Å². The minimum atomic E-state index is 0.167. The van der Waals surface area contributed by atoms with Crippen LogP contribution in [0.4, 0.5) is 0 Å². The summed E-state index contributed by atoms with van der Waals surface area (Å²) in [6, 6.07) is 0.490. The summed E-state index contributed by atoms with van der Waals surface area (Å²) in [6.07, 6.45) is 5.68. The van der Waals surface area contributed by atoms with Gasteiger partial charge in [0.05, 0.1) is 25.3 Å². The number of carbonyl (C=O) groups excluding carboxylic acids is 1. The van der Waals surface area contributed by atoms with Crippen molar-refractivity contribution >= 4 is 5.91 Å². The maximum atomic E-state index is 11.9. The van der Waals surface area contributed by atoms with E-state index >= 15 is 0 Å². The fourth-order valence-corrected chi connectivity index (χ4v) is 2.06. The topological polar surface area (TPSA) is 41.6 Å². The predicted octanol–water partition coefficient (Wildman–Crippen LogP) is 0.665. The molecule has 16 heavy (non-hydrogen) atoms. The minimum Gasteiger partial charge on any atom is -0.382 e. The number of hydrogen-bond acceptors (Lipinski definition) is 3. The van der Waals surface area contributed by atoms with Crippen LogP contribution in [0.15, 0.2) is 23.9 Å². The standard InChI is InChI=1S/C10H12N2O2.C2H6/c13-10-8-2-1-3-11-9(8)4-12(10)7-5-14-6-7;1-2/h1-3,7,9,11H,4-6H2;1-2H3. The highest BCUT2D eigenvalue weighted by Crippen LogP contribution is 2.24. The van der Waals surface area contributed by atoms with Gasteiger partial charge >= 0.3 is 0 Å². The summed E-state index contributed by atoms with van der Waals surface area (Å²) in [5.41, 5.74) is 0.888. The van der Waals surface area contributed by atoms with Crippen molar-refractivity contribution < 1.29 is 9.53 Å². The van der Waals surface area contributed by atoms with E-state index in [0.29, 0.717) is 19.3 Å². The van der Waals surface area contributed by atoms with Crippen LogP contribution in [-0.4, -0.2) is 42.6 Å². The second kappa shape index (κ2) is 4.70. The molecule has 0 aromatic rings. The van der Waals surface area contributed by atoms with Crippen molar-refractivity contribution in [3.05, 3.63) is 23.9 Å². The summed E-state index contributed by atoms with van der Waals surface area (Å²) in [4.78, 5) is 13.8. The van der Waals surface area contributed by atoms with E-state index in [1.807, 2.05) is 37.1 Å². The van der Waals surface area contributed by atoms with Gasteiger partial charge in [0.2, 0.25) is 0 Å². The van der Waals surface area contributed by atoms with Gasteiger partial charge in [0, 0.05) is 12.1 Å². The molecule has 1 amide bonds. The monoisotopic (exact) mass is 222 g/mol. The Bertz CT molecular complexity index is 332. The highest BCUT2D eigenvalue weighted by atomic mass is 16.5. The van der Waals surface area contributed by atoms with Gasteiger partial charge in [-0.15, -0.1) is 0 Å². The number of fused-ring (bicyclic) bond motifs is 1. The number of ether oxygens (including phenoxy) is 1. The average Bonchev–Trinajstić information content (AvgIpc) is 2.58. The zero-order valence-corrected chi connectivity index (χ0v) is 9.77. The van der Waals surface area contributed by atoms with Crippen molar-refractivity contribution in [2.75, 3.05) is 19.8 Å². The first-order valence-electron chi connectivity index (χ1n) is 5.88. The lowest BCUT2D eigenvalue weighted by atomic mass is 10.1. The lowest BCUT2D eigenvalue weighted by Gasteiger charge is -2.34. The molecule has 0 radical (unpaired) electrons. The van der Waals surface area contributed by atoms with Crippen molar-refractivity contribution in [3.8, 4) is 0 Å². The quantitative estimate of drug-likeness (QED) is 0.709. The van der Waals surface area contributed by atoms with E-state index in [0.717, 1.165) is 12.1 Å². The van der Waals surface area contributed by atoms with Gasteiger partial charge in [-0.1, -0.05) is 13.8 Å². The maximum Gasteiger partial charge on any atom is 0.252 e. The zero-order chi connectivity index (χ0) is 11.5. The molecule has 0 aromatic heterocycles. The van der Waals surface area contributed by atoms with E-state index in [1.165, 1.54) is 0 Å². The molecule has 3 aliphatic heterocycles. The molecule has 4 nitrogen and oxygen atoms in total. The van der Waals surface area contributed by atoms with Crippen LogP contribution in [0.25, 0.3) is 0 Å². The molecule has 0 spiro atoms. The van der Waals surface area contributed by atoms with Crippen LogP contribution < -0.4 is 5.32 Å². The van der Waals surface area contributed by atoms with Crippen molar-refractivity contribution in [1.29, 1.82) is 0 Å². The Morgan fingerprint density at radius 2 is 2.19 bits per heavy atom. The zero-order valence-electron chi connectivity index (χ0n) is 9.77. The Labute approximate surface area is 95.9 Å². The third-order valence-electron chi connectivity index (χ3n) is 2.99. The molecule has 0 saturated carbocycles. The van der Waals surface area contributed by atoms with Crippen molar-refractivity contribution in [2.24, 2.45) is 0 Å². The second-order valence-electron chi connectivity index (χ2n) is 3.85. The molecule has 1 unspecified atom stereocenters. The van der Waals surface area contributed by atoms with E-state index in [9.17, 15) is 4.79 Å². The molecule has 3 heterocycles.